The van der Waals surface area contributed by atoms with E-state index >= 15 is 0 Å². The van der Waals surface area contributed by atoms with E-state index in [0.717, 1.165) is 5.56 Å². The maximum atomic E-state index is 12.5. The largest absolute Gasteiger partial charge is 0.481 e. The van der Waals surface area contributed by atoms with Crippen LogP contribution in [0, 0.1) is 5.82 Å². The number of carboxylic acid groups (broad SMARTS) is 1. The van der Waals surface area contributed by atoms with Crippen molar-refractivity contribution in [3.8, 4) is 0 Å². The zero-order valence-electron chi connectivity index (χ0n) is 7.61. The molecule has 0 aliphatic carbocycles. The summed E-state index contributed by atoms with van der Waals surface area (Å²) in [6, 6.07) is 5.43. The normalized spacial score (nSPS) is 12.4. The van der Waals surface area contributed by atoms with E-state index in [2.05, 4.69) is 0 Å². The van der Waals surface area contributed by atoms with E-state index < -0.39 is 5.97 Å². The molecule has 1 unspecified atom stereocenters. The Hall–Kier alpha value is -1.42. The van der Waals surface area contributed by atoms with E-state index in [-0.39, 0.29) is 18.3 Å². The topological polar surface area (TPSA) is 63.3 Å². The second-order valence-corrected chi connectivity index (χ2v) is 3.09. The van der Waals surface area contributed by atoms with Crippen LogP contribution in [0.1, 0.15) is 24.4 Å². The second kappa shape index (κ2) is 4.72. The number of benzene rings is 1. The Bertz CT molecular complexity index is 310. The fourth-order valence-electron chi connectivity index (χ4n) is 1.16. The third-order valence-electron chi connectivity index (χ3n) is 1.97. The molecular weight excluding hydrogens is 185 g/mol. The Kier molecular flexibility index (Phi) is 3.59. The van der Waals surface area contributed by atoms with Crippen LogP contribution >= 0.6 is 0 Å². The minimum Gasteiger partial charge on any atom is -0.481 e. The van der Waals surface area contributed by atoms with Crippen molar-refractivity contribution in [1.29, 1.82) is 0 Å². The van der Waals surface area contributed by atoms with Crippen molar-refractivity contribution < 1.29 is 14.3 Å². The van der Waals surface area contributed by atoms with Crippen LogP contribution in [-0.4, -0.2) is 11.1 Å². The molecule has 0 heterocycles. The van der Waals surface area contributed by atoms with E-state index in [0.29, 0.717) is 6.42 Å². The zero-order valence-corrected chi connectivity index (χ0v) is 7.61. The number of carbonyl (C=O) groups is 1. The highest BCUT2D eigenvalue weighted by atomic mass is 19.1. The van der Waals surface area contributed by atoms with Crippen molar-refractivity contribution in [3.05, 3.63) is 35.6 Å². The van der Waals surface area contributed by atoms with E-state index in [4.69, 9.17) is 10.8 Å². The van der Waals surface area contributed by atoms with Crippen LogP contribution in [0.5, 0.6) is 0 Å². The Labute approximate surface area is 81.4 Å². The average Bonchev–Trinajstić information content (AvgIpc) is 2.15. The summed E-state index contributed by atoms with van der Waals surface area (Å²) in [7, 11) is 0. The first-order valence-electron chi connectivity index (χ1n) is 4.32. The van der Waals surface area contributed by atoms with Crippen molar-refractivity contribution in [1.82, 2.24) is 0 Å². The number of rotatable bonds is 4. The van der Waals surface area contributed by atoms with Gasteiger partial charge >= 0.3 is 5.97 Å². The molecule has 4 heteroatoms. The lowest BCUT2D eigenvalue weighted by Crippen LogP contribution is -2.12. The van der Waals surface area contributed by atoms with Gasteiger partial charge in [-0.3, -0.25) is 4.79 Å². The van der Waals surface area contributed by atoms with Gasteiger partial charge in [0.25, 0.3) is 0 Å². The molecule has 76 valence electrons. The van der Waals surface area contributed by atoms with Gasteiger partial charge in [0.15, 0.2) is 0 Å². The van der Waals surface area contributed by atoms with Crippen molar-refractivity contribution in [2.45, 2.75) is 18.9 Å². The minimum absolute atomic E-state index is 0.0263. The maximum Gasteiger partial charge on any atom is 0.303 e. The van der Waals surface area contributed by atoms with E-state index in [9.17, 15) is 9.18 Å². The molecule has 0 spiro atoms. The number of hydrogen-bond donors (Lipinski definition) is 2. The van der Waals surface area contributed by atoms with Gasteiger partial charge in [-0.15, -0.1) is 0 Å². The highest BCUT2D eigenvalue weighted by Crippen LogP contribution is 2.15. The van der Waals surface area contributed by atoms with Crippen LogP contribution in [0.4, 0.5) is 4.39 Å². The van der Waals surface area contributed by atoms with E-state index in [1.165, 1.54) is 12.1 Å². The number of nitrogens with two attached hydrogens (primary N) is 1. The van der Waals surface area contributed by atoms with E-state index in [1.54, 1.807) is 12.1 Å². The molecule has 1 aromatic carbocycles. The summed E-state index contributed by atoms with van der Waals surface area (Å²) in [4.78, 5) is 10.3. The monoisotopic (exact) mass is 197 g/mol. The third kappa shape index (κ3) is 3.14. The van der Waals surface area contributed by atoms with Crippen LogP contribution in [0.2, 0.25) is 0 Å². The number of aliphatic carboxylic acids is 1. The number of hydrogen-bond acceptors (Lipinski definition) is 2. The van der Waals surface area contributed by atoms with Gasteiger partial charge in [-0.25, -0.2) is 4.39 Å². The van der Waals surface area contributed by atoms with Gasteiger partial charge in [0.05, 0.1) is 0 Å². The summed E-state index contributed by atoms with van der Waals surface area (Å²) in [6.07, 6.45) is 0.388. The van der Waals surface area contributed by atoms with Gasteiger partial charge in [-0.1, -0.05) is 12.1 Å². The lowest BCUT2D eigenvalue weighted by atomic mass is 10.0. The molecule has 0 saturated carbocycles. The lowest BCUT2D eigenvalue weighted by molar-refractivity contribution is -0.137. The van der Waals surface area contributed by atoms with Crippen molar-refractivity contribution in [2.75, 3.05) is 0 Å². The van der Waals surface area contributed by atoms with Crippen molar-refractivity contribution in [2.24, 2.45) is 5.73 Å². The highest BCUT2D eigenvalue weighted by Gasteiger charge is 2.07. The minimum atomic E-state index is -0.873. The van der Waals surface area contributed by atoms with Crippen molar-refractivity contribution >= 4 is 5.97 Å². The number of carboxylic acids is 1. The van der Waals surface area contributed by atoms with Crippen LogP contribution in [0.3, 0.4) is 0 Å². The van der Waals surface area contributed by atoms with Crippen LogP contribution in [0.15, 0.2) is 24.3 Å². The van der Waals surface area contributed by atoms with Gasteiger partial charge in [-0.05, 0) is 24.1 Å². The molecule has 0 bridgehead atoms. The molecule has 0 aliphatic rings. The molecule has 1 atom stereocenters. The zero-order chi connectivity index (χ0) is 10.6. The fraction of sp³-hybridized carbons (Fsp3) is 0.300. The summed E-state index contributed by atoms with van der Waals surface area (Å²) in [6.45, 7) is 0. The SMILES string of the molecule is NC(CCC(=O)O)c1ccc(F)cc1. The van der Waals surface area contributed by atoms with Crippen LogP contribution < -0.4 is 5.73 Å². The second-order valence-electron chi connectivity index (χ2n) is 3.09. The summed E-state index contributed by atoms with van der Waals surface area (Å²) in [5.74, 6) is -1.19. The molecule has 1 rings (SSSR count). The Morgan fingerprint density at radius 1 is 1.43 bits per heavy atom. The third-order valence-corrected chi connectivity index (χ3v) is 1.97. The summed E-state index contributed by atoms with van der Waals surface area (Å²) < 4.78 is 12.5. The molecule has 0 aliphatic heterocycles. The highest BCUT2D eigenvalue weighted by molar-refractivity contribution is 5.66. The lowest BCUT2D eigenvalue weighted by Gasteiger charge is -2.09. The summed E-state index contributed by atoms with van der Waals surface area (Å²) >= 11 is 0. The van der Waals surface area contributed by atoms with Crippen LogP contribution in [0.25, 0.3) is 0 Å². The molecule has 0 radical (unpaired) electrons. The van der Waals surface area contributed by atoms with E-state index in [1.807, 2.05) is 0 Å². The first-order chi connectivity index (χ1) is 6.59. The molecule has 0 saturated heterocycles. The predicted octanol–water partition coefficient (Wildman–Crippen LogP) is 1.69. The fourth-order valence-corrected chi connectivity index (χ4v) is 1.16. The standard InChI is InChI=1S/C10H12FNO2/c11-8-3-1-7(2-4-8)9(12)5-6-10(13)14/h1-4,9H,5-6,12H2,(H,13,14). The quantitative estimate of drug-likeness (QED) is 0.772. The van der Waals surface area contributed by atoms with Crippen LogP contribution in [-0.2, 0) is 4.79 Å². The molecule has 0 aromatic heterocycles. The molecule has 1 aromatic rings. The van der Waals surface area contributed by atoms with Crippen molar-refractivity contribution in [3.63, 3.8) is 0 Å². The Balaban J connectivity index is 2.56. The van der Waals surface area contributed by atoms with Gasteiger partial charge in [-0.2, -0.15) is 0 Å². The first kappa shape index (κ1) is 10.7. The molecule has 3 N–H and O–H groups in total. The Morgan fingerprint density at radius 3 is 2.50 bits per heavy atom. The number of halogens is 1. The molecule has 3 nitrogen and oxygen atoms in total. The summed E-state index contributed by atoms with van der Waals surface area (Å²) in [5, 5.41) is 8.44. The van der Waals surface area contributed by atoms with Gasteiger partial charge in [0.1, 0.15) is 5.82 Å². The Morgan fingerprint density at radius 2 is 2.00 bits per heavy atom. The van der Waals surface area contributed by atoms with Gasteiger partial charge in [0.2, 0.25) is 0 Å². The molecular formula is C10H12FNO2. The molecule has 0 fully saturated rings. The van der Waals surface area contributed by atoms with Gasteiger partial charge < -0.3 is 10.8 Å². The van der Waals surface area contributed by atoms with Gasteiger partial charge in [0, 0.05) is 12.5 Å². The predicted molar refractivity (Wildman–Crippen MR) is 50.2 cm³/mol. The maximum absolute atomic E-state index is 12.5. The first-order valence-corrected chi connectivity index (χ1v) is 4.32. The summed E-state index contributed by atoms with van der Waals surface area (Å²) in [5.41, 5.74) is 6.46. The molecule has 14 heavy (non-hydrogen) atoms. The average molecular weight is 197 g/mol. The molecule has 0 amide bonds. The smallest absolute Gasteiger partial charge is 0.303 e.